The van der Waals surface area contributed by atoms with Crippen molar-refractivity contribution in [1.82, 2.24) is 67.7 Å². The SMILES string of the molecule is CC(=O)OC(C)=O.N.N.N.N.N.N.N.N.N.N.N. The molecule has 0 atom stereocenters. The van der Waals surface area contributed by atoms with Crippen LogP contribution in [0.1, 0.15) is 13.8 Å². The molecule has 0 spiro atoms. The van der Waals surface area contributed by atoms with Crippen molar-refractivity contribution in [2.45, 2.75) is 13.8 Å². The largest absolute Gasteiger partial charge is 0.394 e. The van der Waals surface area contributed by atoms with Gasteiger partial charge in [-0.1, -0.05) is 0 Å². The predicted octanol–water partition coefficient (Wildman–Crippen LogP) is 1.88. The minimum atomic E-state index is -0.562. The normalized spacial score (nSPS) is 3.00. The van der Waals surface area contributed by atoms with E-state index in [9.17, 15) is 9.59 Å². The van der Waals surface area contributed by atoms with Crippen LogP contribution in [-0.2, 0) is 14.3 Å². The van der Waals surface area contributed by atoms with E-state index in [1.54, 1.807) is 0 Å². The van der Waals surface area contributed by atoms with Gasteiger partial charge in [0.05, 0.1) is 0 Å². The molecule has 0 aromatic rings. The van der Waals surface area contributed by atoms with E-state index in [-0.39, 0.29) is 67.7 Å². The Labute approximate surface area is 109 Å². The third-order valence-corrected chi connectivity index (χ3v) is 0.287. The summed E-state index contributed by atoms with van der Waals surface area (Å²) >= 11 is 0. The lowest BCUT2D eigenvalue weighted by atomic mass is 10.7. The fourth-order valence-electron chi connectivity index (χ4n) is 0.202. The van der Waals surface area contributed by atoms with Crippen LogP contribution in [0.25, 0.3) is 0 Å². The lowest BCUT2D eigenvalue weighted by molar-refractivity contribution is -0.156. The minimum absolute atomic E-state index is 0. The highest BCUT2D eigenvalue weighted by Gasteiger charge is 1.93. The zero-order chi connectivity index (χ0) is 5.86. The molecule has 128 valence electrons. The Hall–Kier alpha value is -1.30. The summed E-state index contributed by atoms with van der Waals surface area (Å²) in [4.78, 5) is 19.6. The van der Waals surface area contributed by atoms with Crippen LogP contribution >= 0.6 is 0 Å². The summed E-state index contributed by atoms with van der Waals surface area (Å²) < 4.78 is 3.97. The van der Waals surface area contributed by atoms with Crippen molar-refractivity contribution in [2.75, 3.05) is 0 Å². The molecular weight excluding hydrogens is 250 g/mol. The maximum absolute atomic E-state index is 9.81. The summed E-state index contributed by atoms with van der Waals surface area (Å²) in [6.07, 6.45) is 0. The Morgan fingerprint density at radius 3 is 0.611 bits per heavy atom. The van der Waals surface area contributed by atoms with Gasteiger partial charge in [0.1, 0.15) is 0 Å². The van der Waals surface area contributed by atoms with Crippen LogP contribution in [0.15, 0.2) is 0 Å². The summed E-state index contributed by atoms with van der Waals surface area (Å²) in [5.41, 5.74) is 0. The number of hydrogen-bond acceptors (Lipinski definition) is 14. The molecular formula is C4H39N11O3. The molecule has 0 aromatic heterocycles. The quantitative estimate of drug-likeness (QED) is 0.223. The molecule has 0 rings (SSSR count). The summed E-state index contributed by atoms with van der Waals surface area (Å²) in [6.45, 7) is 2.36. The molecule has 0 heterocycles. The Morgan fingerprint density at radius 2 is 0.611 bits per heavy atom. The second kappa shape index (κ2) is 104. The topological polar surface area (TPSA) is 428 Å². The molecule has 0 aliphatic rings. The second-order valence-electron chi connectivity index (χ2n) is 1.09. The lowest BCUT2D eigenvalue weighted by Gasteiger charge is -1.87. The average Bonchev–Trinajstić information content (AvgIpc) is 1.27. The standard InChI is InChI=1S/C4H6O3.11H3N/c1-3(5)7-4(2)6;;;;;;;;;;;/h1-2H3;11*1H3. The van der Waals surface area contributed by atoms with Crippen molar-refractivity contribution in [2.24, 2.45) is 0 Å². The third kappa shape index (κ3) is 378. The van der Waals surface area contributed by atoms with Crippen LogP contribution in [0.2, 0.25) is 0 Å². The van der Waals surface area contributed by atoms with E-state index in [0.29, 0.717) is 0 Å². The minimum Gasteiger partial charge on any atom is -0.394 e. The van der Waals surface area contributed by atoms with Gasteiger partial charge >= 0.3 is 11.9 Å². The lowest BCUT2D eigenvalue weighted by Crippen LogP contribution is -2.03. The summed E-state index contributed by atoms with van der Waals surface area (Å²) in [7, 11) is 0. The van der Waals surface area contributed by atoms with E-state index in [1.807, 2.05) is 0 Å². The molecule has 0 aliphatic heterocycles. The number of carbonyl (C=O) groups excluding carboxylic acids is 2. The summed E-state index contributed by atoms with van der Waals surface area (Å²) in [5.74, 6) is -1.12. The van der Waals surface area contributed by atoms with Crippen molar-refractivity contribution in [3.8, 4) is 0 Å². The first-order valence-corrected chi connectivity index (χ1v) is 1.82. The highest BCUT2D eigenvalue weighted by Crippen LogP contribution is 1.73. The van der Waals surface area contributed by atoms with Gasteiger partial charge in [-0.3, -0.25) is 9.59 Å². The molecule has 0 amide bonds. The monoisotopic (exact) mass is 289 g/mol. The van der Waals surface area contributed by atoms with Crippen LogP contribution < -0.4 is 67.7 Å². The fraction of sp³-hybridized carbons (Fsp3) is 0.500. The average molecular weight is 289 g/mol. The molecule has 18 heavy (non-hydrogen) atoms. The van der Waals surface area contributed by atoms with Gasteiger partial charge < -0.3 is 72.4 Å². The van der Waals surface area contributed by atoms with E-state index in [2.05, 4.69) is 4.74 Å². The van der Waals surface area contributed by atoms with E-state index in [1.165, 1.54) is 13.8 Å². The Kier molecular flexibility index (Phi) is 1080. The van der Waals surface area contributed by atoms with E-state index >= 15 is 0 Å². The fourth-order valence-corrected chi connectivity index (χ4v) is 0.202. The van der Waals surface area contributed by atoms with Crippen molar-refractivity contribution >= 4 is 11.9 Å². The van der Waals surface area contributed by atoms with Gasteiger partial charge in [-0.2, -0.15) is 0 Å². The molecule has 0 aromatic carbocycles. The van der Waals surface area contributed by atoms with E-state index in [0.717, 1.165) is 0 Å². The number of esters is 2. The number of rotatable bonds is 0. The first kappa shape index (κ1) is 186. The highest BCUT2D eigenvalue weighted by atomic mass is 16.6. The van der Waals surface area contributed by atoms with Crippen molar-refractivity contribution in [3.05, 3.63) is 0 Å². The van der Waals surface area contributed by atoms with Gasteiger partial charge in [0, 0.05) is 13.8 Å². The Morgan fingerprint density at radius 1 is 0.500 bits per heavy atom. The molecule has 0 aliphatic carbocycles. The molecule has 33 N–H and O–H groups in total. The number of ether oxygens (including phenoxy) is 1. The summed E-state index contributed by atoms with van der Waals surface area (Å²) in [6, 6.07) is 0. The van der Waals surface area contributed by atoms with Crippen LogP contribution in [0.5, 0.6) is 0 Å². The first-order valence-electron chi connectivity index (χ1n) is 1.82. The molecule has 0 fully saturated rings. The van der Waals surface area contributed by atoms with Crippen LogP contribution in [0, 0.1) is 0 Å². The first-order chi connectivity index (χ1) is 3.13. The number of hydrogen-bond donors (Lipinski definition) is 11. The summed E-state index contributed by atoms with van der Waals surface area (Å²) in [5, 5.41) is 0. The molecule has 0 bridgehead atoms. The molecule has 0 saturated heterocycles. The third-order valence-electron chi connectivity index (χ3n) is 0.287. The van der Waals surface area contributed by atoms with E-state index < -0.39 is 11.9 Å². The smallest absolute Gasteiger partial charge is 0.310 e. The van der Waals surface area contributed by atoms with Crippen LogP contribution in [0.4, 0.5) is 0 Å². The molecule has 14 nitrogen and oxygen atoms in total. The van der Waals surface area contributed by atoms with Gasteiger partial charge in [-0.25, -0.2) is 0 Å². The molecule has 0 saturated carbocycles. The maximum atomic E-state index is 9.81. The second-order valence-corrected chi connectivity index (χ2v) is 1.09. The van der Waals surface area contributed by atoms with Crippen molar-refractivity contribution < 1.29 is 14.3 Å². The highest BCUT2D eigenvalue weighted by molar-refractivity contribution is 5.82. The number of carbonyl (C=O) groups is 2. The van der Waals surface area contributed by atoms with Crippen LogP contribution in [0.3, 0.4) is 0 Å². The van der Waals surface area contributed by atoms with Gasteiger partial charge in [0.15, 0.2) is 0 Å². The zero-order valence-electron chi connectivity index (χ0n) is 12.0. The van der Waals surface area contributed by atoms with Crippen molar-refractivity contribution in [1.29, 1.82) is 0 Å². The Balaban J connectivity index is -0.00000000327. The van der Waals surface area contributed by atoms with Gasteiger partial charge in [0.25, 0.3) is 0 Å². The maximum Gasteiger partial charge on any atom is 0.310 e. The van der Waals surface area contributed by atoms with Gasteiger partial charge in [0.2, 0.25) is 0 Å². The van der Waals surface area contributed by atoms with Crippen LogP contribution in [-0.4, -0.2) is 11.9 Å². The molecule has 14 heteroatoms. The van der Waals surface area contributed by atoms with E-state index in [4.69, 9.17) is 0 Å². The van der Waals surface area contributed by atoms with Gasteiger partial charge in [-0.05, 0) is 0 Å². The Bertz CT molecular complexity index is 100. The molecule has 0 radical (unpaired) electrons. The van der Waals surface area contributed by atoms with Gasteiger partial charge in [-0.15, -0.1) is 0 Å². The predicted molar refractivity (Wildman–Crippen MR) is 77.7 cm³/mol. The molecule has 0 unspecified atom stereocenters. The van der Waals surface area contributed by atoms with Crippen molar-refractivity contribution in [3.63, 3.8) is 0 Å². The zero-order valence-corrected chi connectivity index (χ0v) is 12.0.